The van der Waals surface area contributed by atoms with Crippen molar-refractivity contribution in [2.45, 2.75) is 19.8 Å². The third kappa shape index (κ3) is 3.55. The molecule has 4 nitrogen and oxygen atoms in total. The fourth-order valence-electron chi connectivity index (χ4n) is 1.76. The van der Waals surface area contributed by atoms with Crippen molar-refractivity contribution in [3.05, 3.63) is 53.7 Å². The largest absolute Gasteiger partial charge is 0.439 e. The summed E-state index contributed by atoms with van der Waals surface area (Å²) >= 11 is 0. The number of nitrogens with two attached hydrogens (primary N) is 1. The minimum atomic E-state index is -0.0660. The van der Waals surface area contributed by atoms with Gasteiger partial charge in [-0.15, -0.1) is 0 Å². The van der Waals surface area contributed by atoms with Crippen LogP contribution in [0.15, 0.2) is 42.5 Å². The van der Waals surface area contributed by atoms with Crippen molar-refractivity contribution in [3.8, 4) is 11.6 Å². The number of amidine groups is 1. The Bertz CT molecular complexity index is 564. The van der Waals surface area contributed by atoms with Crippen LogP contribution < -0.4 is 10.5 Å². The molecule has 4 heteroatoms. The summed E-state index contributed by atoms with van der Waals surface area (Å²) in [5, 5.41) is 7.35. The highest BCUT2D eigenvalue weighted by Crippen LogP contribution is 2.20. The van der Waals surface area contributed by atoms with Crippen molar-refractivity contribution in [1.29, 1.82) is 5.41 Å². The van der Waals surface area contributed by atoms with Crippen LogP contribution in [0.5, 0.6) is 11.6 Å². The molecule has 0 radical (unpaired) electrons. The van der Waals surface area contributed by atoms with Gasteiger partial charge in [-0.25, -0.2) is 4.98 Å². The van der Waals surface area contributed by atoms with Gasteiger partial charge in [0, 0.05) is 6.07 Å². The van der Waals surface area contributed by atoms with Crippen LogP contribution in [-0.2, 0) is 6.42 Å². The molecule has 0 aliphatic carbocycles. The maximum atomic E-state index is 7.35. The molecule has 0 amide bonds. The van der Waals surface area contributed by atoms with Crippen molar-refractivity contribution in [3.63, 3.8) is 0 Å². The average Bonchev–Trinajstić information content (AvgIpc) is 2.42. The van der Waals surface area contributed by atoms with E-state index in [9.17, 15) is 0 Å². The predicted molar refractivity (Wildman–Crippen MR) is 75.8 cm³/mol. The number of aryl methyl sites for hydroxylation is 1. The van der Waals surface area contributed by atoms with E-state index in [-0.39, 0.29) is 5.84 Å². The lowest BCUT2D eigenvalue weighted by Crippen LogP contribution is -2.13. The van der Waals surface area contributed by atoms with Crippen molar-refractivity contribution < 1.29 is 4.74 Å². The van der Waals surface area contributed by atoms with E-state index in [4.69, 9.17) is 15.9 Å². The van der Waals surface area contributed by atoms with Crippen LogP contribution in [0.2, 0.25) is 0 Å². The van der Waals surface area contributed by atoms with Crippen LogP contribution in [0.1, 0.15) is 24.6 Å². The number of ether oxygens (including phenoxy) is 1. The molecule has 1 aromatic heterocycles. The van der Waals surface area contributed by atoms with Crippen LogP contribution in [0.4, 0.5) is 0 Å². The first-order chi connectivity index (χ1) is 9.19. The second-order valence-electron chi connectivity index (χ2n) is 4.27. The fourth-order valence-corrected chi connectivity index (χ4v) is 1.76. The number of aromatic nitrogens is 1. The maximum absolute atomic E-state index is 7.35. The van der Waals surface area contributed by atoms with E-state index in [2.05, 4.69) is 11.9 Å². The first kappa shape index (κ1) is 13.1. The number of hydrogen-bond acceptors (Lipinski definition) is 3. The average molecular weight is 255 g/mol. The van der Waals surface area contributed by atoms with Crippen LogP contribution in [0.25, 0.3) is 0 Å². The summed E-state index contributed by atoms with van der Waals surface area (Å²) < 4.78 is 5.64. The molecule has 19 heavy (non-hydrogen) atoms. The second-order valence-corrected chi connectivity index (χ2v) is 4.27. The predicted octanol–water partition coefficient (Wildman–Crippen LogP) is 3.11. The van der Waals surface area contributed by atoms with E-state index in [1.807, 2.05) is 24.3 Å². The lowest BCUT2D eigenvalue weighted by molar-refractivity contribution is 0.462. The molecule has 1 aromatic carbocycles. The molecule has 2 rings (SSSR count). The van der Waals surface area contributed by atoms with Crippen LogP contribution in [0.3, 0.4) is 0 Å². The zero-order chi connectivity index (χ0) is 13.7. The Morgan fingerprint density at radius 2 is 1.95 bits per heavy atom. The molecule has 0 atom stereocenters. The van der Waals surface area contributed by atoms with Gasteiger partial charge in [0.1, 0.15) is 17.3 Å². The molecule has 3 N–H and O–H groups in total. The first-order valence-corrected chi connectivity index (χ1v) is 6.27. The summed E-state index contributed by atoms with van der Waals surface area (Å²) in [5.74, 6) is 1.10. The summed E-state index contributed by atoms with van der Waals surface area (Å²) in [6.07, 6.45) is 2.20. The molecule has 0 aliphatic rings. The summed E-state index contributed by atoms with van der Waals surface area (Å²) in [6, 6.07) is 13.1. The van der Waals surface area contributed by atoms with Crippen molar-refractivity contribution in [2.24, 2.45) is 5.73 Å². The van der Waals surface area contributed by atoms with Gasteiger partial charge in [-0.3, -0.25) is 5.41 Å². The number of nitrogens with one attached hydrogen (secondary N) is 1. The van der Waals surface area contributed by atoms with Gasteiger partial charge in [-0.2, -0.15) is 0 Å². The number of nitrogens with zero attached hydrogens (tertiary/aromatic N) is 1. The highest BCUT2D eigenvalue weighted by molar-refractivity contribution is 5.93. The summed E-state index contributed by atoms with van der Waals surface area (Å²) in [6.45, 7) is 2.15. The van der Waals surface area contributed by atoms with E-state index in [1.54, 1.807) is 18.2 Å². The molecular weight excluding hydrogens is 238 g/mol. The molecular formula is C15H17N3O. The SMILES string of the molecule is CCCc1ccc(Oc2cccc(C(=N)N)n2)cc1. The highest BCUT2D eigenvalue weighted by Gasteiger charge is 2.02. The van der Waals surface area contributed by atoms with Gasteiger partial charge in [0.2, 0.25) is 5.88 Å². The Hall–Kier alpha value is -2.36. The second kappa shape index (κ2) is 6.00. The van der Waals surface area contributed by atoms with Gasteiger partial charge < -0.3 is 10.5 Å². The molecule has 1 heterocycles. The molecule has 0 saturated carbocycles. The zero-order valence-corrected chi connectivity index (χ0v) is 10.9. The number of benzene rings is 1. The lowest BCUT2D eigenvalue weighted by atomic mass is 10.1. The Balaban J connectivity index is 2.12. The standard InChI is InChI=1S/C15H17N3O/c1-2-4-11-7-9-12(10-8-11)19-14-6-3-5-13(18-14)15(16)17/h3,5-10H,2,4H2,1H3,(H3,16,17). The first-order valence-electron chi connectivity index (χ1n) is 6.27. The van der Waals surface area contributed by atoms with Gasteiger partial charge in [0.05, 0.1) is 0 Å². The fraction of sp³-hybridized carbons (Fsp3) is 0.200. The summed E-state index contributed by atoms with van der Waals surface area (Å²) in [4.78, 5) is 4.15. The van der Waals surface area contributed by atoms with Crippen molar-refractivity contribution >= 4 is 5.84 Å². The Morgan fingerprint density at radius 3 is 2.58 bits per heavy atom. The topological polar surface area (TPSA) is 72.0 Å². The van der Waals surface area contributed by atoms with E-state index < -0.39 is 0 Å². The Labute approximate surface area is 112 Å². The molecule has 0 unspecified atom stereocenters. The minimum Gasteiger partial charge on any atom is -0.439 e. The highest BCUT2D eigenvalue weighted by atomic mass is 16.5. The van der Waals surface area contributed by atoms with Gasteiger partial charge >= 0.3 is 0 Å². The normalized spacial score (nSPS) is 10.2. The van der Waals surface area contributed by atoms with Crippen LogP contribution in [-0.4, -0.2) is 10.8 Å². The molecule has 0 spiro atoms. The molecule has 98 valence electrons. The van der Waals surface area contributed by atoms with E-state index >= 15 is 0 Å². The molecule has 0 bridgehead atoms. The monoisotopic (exact) mass is 255 g/mol. The quantitative estimate of drug-likeness (QED) is 0.637. The Kier molecular flexibility index (Phi) is 4.13. The third-order valence-corrected chi connectivity index (χ3v) is 2.68. The minimum absolute atomic E-state index is 0.0660. The summed E-state index contributed by atoms with van der Waals surface area (Å²) in [5.41, 5.74) is 7.10. The third-order valence-electron chi connectivity index (χ3n) is 2.68. The smallest absolute Gasteiger partial charge is 0.219 e. The zero-order valence-electron chi connectivity index (χ0n) is 10.9. The van der Waals surface area contributed by atoms with Crippen LogP contribution in [0, 0.1) is 5.41 Å². The number of pyridine rings is 1. The van der Waals surface area contributed by atoms with Crippen molar-refractivity contribution in [1.82, 2.24) is 4.98 Å². The van der Waals surface area contributed by atoms with Gasteiger partial charge in [0.15, 0.2) is 0 Å². The van der Waals surface area contributed by atoms with Gasteiger partial charge in [0.25, 0.3) is 0 Å². The van der Waals surface area contributed by atoms with Crippen LogP contribution >= 0.6 is 0 Å². The van der Waals surface area contributed by atoms with E-state index in [0.29, 0.717) is 11.6 Å². The molecule has 0 saturated heterocycles. The molecule has 0 fully saturated rings. The lowest BCUT2D eigenvalue weighted by Gasteiger charge is -2.07. The molecule has 0 aliphatic heterocycles. The van der Waals surface area contributed by atoms with Crippen molar-refractivity contribution in [2.75, 3.05) is 0 Å². The molecule has 2 aromatic rings. The van der Waals surface area contributed by atoms with Gasteiger partial charge in [-0.1, -0.05) is 31.5 Å². The van der Waals surface area contributed by atoms with Gasteiger partial charge in [-0.05, 0) is 30.2 Å². The number of hydrogen-bond donors (Lipinski definition) is 2. The summed E-state index contributed by atoms with van der Waals surface area (Å²) in [7, 11) is 0. The van der Waals surface area contributed by atoms with E-state index in [0.717, 1.165) is 18.6 Å². The maximum Gasteiger partial charge on any atom is 0.219 e. The number of nitrogen functional groups attached to an aromatic ring is 1. The van der Waals surface area contributed by atoms with E-state index in [1.165, 1.54) is 5.56 Å². The number of rotatable bonds is 5. The Morgan fingerprint density at radius 1 is 1.21 bits per heavy atom.